The Kier molecular flexibility index (Phi) is 3.87. The highest BCUT2D eigenvalue weighted by Crippen LogP contribution is 2.34. The quantitative estimate of drug-likeness (QED) is 0.931. The second kappa shape index (κ2) is 5.59. The summed E-state index contributed by atoms with van der Waals surface area (Å²) in [6, 6.07) is 6.65. The average molecular weight is 312 g/mol. The van der Waals surface area contributed by atoms with Crippen molar-refractivity contribution < 1.29 is 9.47 Å². The standard InChI is InChI=1S/C14H18BrNO2/c15-11-1-2-14-12(7-11)13(4-6-18-14)16-8-10-3-5-17-9-10/h1-2,7,10,13,16H,3-6,8-9H2. The first-order valence-electron chi connectivity index (χ1n) is 6.56. The van der Waals surface area contributed by atoms with Crippen molar-refractivity contribution in [3.63, 3.8) is 0 Å². The van der Waals surface area contributed by atoms with Gasteiger partial charge in [-0.05, 0) is 30.5 Å². The van der Waals surface area contributed by atoms with Gasteiger partial charge in [-0.3, -0.25) is 0 Å². The minimum absolute atomic E-state index is 0.409. The third kappa shape index (κ3) is 2.71. The van der Waals surface area contributed by atoms with E-state index in [1.165, 1.54) is 12.0 Å². The second-order valence-corrected chi connectivity index (χ2v) is 5.93. The van der Waals surface area contributed by atoms with E-state index in [2.05, 4.69) is 27.3 Å². The van der Waals surface area contributed by atoms with Crippen LogP contribution < -0.4 is 10.1 Å². The van der Waals surface area contributed by atoms with Gasteiger partial charge in [-0.1, -0.05) is 15.9 Å². The summed E-state index contributed by atoms with van der Waals surface area (Å²) in [5, 5.41) is 3.67. The SMILES string of the molecule is Brc1ccc2c(c1)C(NCC1CCOC1)CCO2. The minimum Gasteiger partial charge on any atom is -0.493 e. The first kappa shape index (κ1) is 12.5. The number of ether oxygens (including phenoxy) is 2. The Morgan fingerprint density at radius 1 is 1.28 bits per heavy atom. The molecule has 1 N–H and O–H groups in total. The van der Waals surface area contributed by atoms with Crippen LogP contribution in [0.25, 0.3) is 0 Å². The first-order valence-corrected chi connectivity index (χ1v) is 7.35. The van der Waals surface area contributed by atoms with Gasteiger partial charge in [0, 0.05) is 35.7 Å². The molecule has 2 heterocycles. The number of hydrogen-bond acceptors (Lipinski definition) is 3. The van der Waals surface area contributed by atoms with E-state index in [4.69, 9.17) is 9.47 Å². The van der Waals surface area contributed by atoms with E-state index in [-0.39, 0.29) is 0 Å². The van der Waals surface area contributed by atoms with Gasteiger partial charge < -0.3 is 14.8 Å². The van der Waals surface area contributed by atoms with Crippen molar-refractivity contribution in [3.05, 3.63) is 28.2 Å². The molecule has 2 atom stereocenters. The van der Waals surface area contributed by atoms with Gasteiger partial charge in [0.2, 0.25) is 0 Å². The molecule has 1 aromatic rings. The van der Waals surface area contributed by atoms with Crippen LogP contribution in [0.3, 0.4) is 0 Å². The number of nitrogens with one attached hydrogen (secondary N) is 1. The predicted molar refractivity (Wildman–Crippen MR) is 73.9 cm³/mol. The molecule has 0 amide bonds. The van der Waals surface area contributed by atoms with Crippen molar-refractivity contribution in [2.45, 2.75) is 18.9 Å². The Labute approximate surface area is 116 Å². The van der Waals surface area contributed by atoms with Crippen LogP contribution in [0.15, 0.2) is 22.7 Å². The lowest BCUT2D eigenvalue weighted by Gasteiger charge is -2.28. The van der Waals surface area contributed by atoms with Crippen LogP contribution in [-0.2, 0) is 4.74 Å². The van der Waals surface area contributed by atoms with Gasteiger partial charge in [-0.25, -0.2) is 0 Å². The minimum atomic E-state index is 0.409. The molecule has 1 saturated heterocycles. The van der Waals surface area contributed by atoms with Crippen LogP contribution in [0.5, 0.6) is 5.75 Å². The topological polar surface area (TPSA) is 30.5 Å². The lowest BCUT2D eigenvalue weighted by atomic mass is 9.99. The zero-order valence-electron chi connectivity index (χ0n) is 10.3. The molecule has 0 radical (unpaired) electrons. The zero-order chi connectivity index (χ0) is 12.4. The monoisotopic (exact) mass is 311 g/mol. The number of halogens is 1. The normalized spacial score (nSPS) is 26.7. The Morgan fingerprint density at radius 2 is 2.22 bits per heavy atom. The van der Waals surface area contributed by atoms with Gasteiger partial charge in [0.15, 0.2) is 0 Å². The number of benzene rings is 1. The van der Waals surface area contributed by atoms with Gasteiger partial charge >= 0.3 is 0 Å². The molecule has 0 spiro atoms. The Hall–Kier alpha value is -0.580. The Bertz CT molecular complexity index is 418. The van der Waals surface area contributed by atoms with Crippen molar-refractivity contribution in [1.82, 2.24) is 5.32 Å². The van der Waals surface area contributed by atoms with Crippen LogP contribution in [0, 0.1) is 5.92 Å². The first-order chi connectivity index (χ1) is 8.83. The second-order valence-electron chi connectivity index (χ2n) is 5.01. The lowest BCUT2D eigenvalue weighted by molar-refractivity contribution is 0.183. The summed E-state index contributed by atoms with van der Waals surface area (Å²) < 4.78 is 12.2. The molecule has 2 aliphatic rings. The molecule has 2 unspecified atom stereocenters. The van der Waals surface area contributed by atoms with Crippen molar-refractivity contribution in [3.8, 4) is 5.75 Å². The summed E-state index contributed by atoms with van der Waals surface area (Å²) in [4.78, 5) is 0. The largest absolute Gasteiger partial charge is 0.493 e. The highest BCUT2D eigenvalue weighted by Gasteiger charge is 2.23. The average Bonchev–Trinajstić information content (AvgIpc) is 2.89. The lowest BCUT2D eigenvalue weighted by Crippen LogP contribution is -2.31. The van der Waals surface area contributed by atoms with Crippen LogP contribution in [0.4, 0.5) is 0 Å². The van der Waals surface area contributed by atoms with Gasteiger partial charge in [0.1, 0.15) is 5.75 Å². The summed E-state index contributed by atoms with van der Waals surface area (Å²) in [7, 11) is 0. The molecular formula is C14H18BrNO2. The molecule has 0 aliphatic carbocycles. The fraction of sp³-hybridized carbons (Fsp3) is 0.571. The van der Waals surface area contributed by atoms with E-state index in [0.717, 1.165) is 43.0 Å². The number of fused-ring (bicyclic) bond motifs is 1. The van der Waals surface area contributed by atoms with E-state index < -0.39 is 0 Å². The van der Waals surface area contributed by atoms with Crippen LogP contribution in [0.2, 0.25) is 0 Å². The molecule has 3 nitrogen and oxygen atoms in total. The molecule has 1 aromatic carbocycles. The maximum atomic E-state index is 5.69. The highest BCUT2D eigenvalue weighted by molar-refractivity contribution is 9.10. The Balaban J connectivity index is 1.68. The van der Waals surface area contributed by atoms with Crippen LogP contribution >= 0.6 is 15.9 Å². The Morgan fingerprint density at radius 3 is 3.06 bits per heavy atom. The van der Waals surface area contributed by atoms with Crippen LogP contribution in [-0.4, -0.2) is 26.4 Å². The number of hydrogen-bond donors (Lipinski definition) is 1. The summed E-state index contributed by atoms with van der Waals surface area (Å²) in [5.74, 6) is 1.69. The van der Waals surface area contributed by atoms with Gasteiger partial charge in [0.05, 0.1) is 13.2 Å². The van der Waals surface area contributed by atoms with E-state index in [1.54, 1.807) is 0 Å². The van der Waals surface area contributed by atoms with E-state index in [1.807, 2.05) is 12.1 Å². The molecule has 0 saturated carbocycles. The highest BCUT2D eigenvalue weighted by atomic mass is 79.9. The summed E-state index contributed by atoms with van der Waals surface area (Å²) in [6.07, 6.45) is 2.22. The van der Waals surface area contributed by atoms with Crippen molar-refractivity contribution in [2.75, 3.05) is 26.4 Å². The molecule has 1 fully saturated rings. The number of rotatable bonds is 3. The molecule has 0 bridgehead atoms. The molecule has 2 aliphatic heterocycles. The third-order valence-electron chi connectivity index (χ3n) is 3.69. The molecular weight excluding hydrogens is 294 g/mol. The zero-order valence-corrected chi connectivity index (χ0v) is 11.9. The smallest absolute Gasteiger partial charge is 0.124 e. The van der Waals surface area contributed by atoms with E-state index in [0.29, 0.717) is 12.0 Å². The summed E-state index contributed by atoms with van der Waals surface area (Å²) in [5.41, 5.74) is 1.27. The van der Waals surface area contributed by atoms with Crippen LogP contribution in [0.1, 0.15) is 24.4 Å². The maximum Gasteiger partial charge on any atom is 0.124 e. The fourth-order valence-electron chi connectivity index (χ4n) is 2.63. The van der Waals surface area contributed by atoms with Crippen molar-refractivity contribution in [1.29, 1.82) is 0 Å². The third-order valence-corrected chi connectivity index (χ3v) is 4.18. The van der Waals surface area contributed by atoms with Gasteiger partial charge in [-0.2, -0.15) is 0 Å². The maximum absolute atomic E-state index is 5.69. The van der Waals surface area contributed by atoms with Crippen molar-refractivity contribution >= 4 is 15.9 Å². The molecule has 4 heteroatoms. The predicted octanol–water partition coefficient (Wildman–Crippen LogP) is 2.90. The molecule has 0 aromatic heterocycles. The molecule has 18 heavy (non-hydrogen) atoms. The van der Waals surface area contributed by atoms with Gasteiger partial charge in [0.25, 0.3) is 0 Å². The molecule has 3 rings (SSSR count). The summed E-state index contributed by atoms with van der Waals surface area (Å²) in [6.45, 7) is 3.66. The summed E-state index contributed by atoms with van der Waals surface area (Å²) >= 11 is 3.53. The van der Waals surface area contributed by atoms with Crippen molar-refractivity contribution in [2.24, 2.45) is 5.92 Å². The fourth-order valence-corrected chi connectivity index (χ4v) is 3.01. The van der Waals surface area contributed by atoms with E-state index in [9.17, 15) is 0 Å². The van der Waals surface area contributed by atoms with E-state index >= 15 is 0 Å². The molecule has 98 valence electrons. The van der Waals surface area contributed by atoms with Gasteiger partial charge in [-0.15, -0.1) is 0 Å².